The predicted molar refractivity (Wildman–Crippen MR) is 124 cm³/mol. The molecule has 0 bridgehead atoms. The topological polar surface area (TPSA) is 56.9 Å². The molecule has 0 unspecified atom stereocenters. The fourth-order valence-corrected chi connectivity index (χ4v) is 4.17. The van der Waals surface area contributed by atoms with Crippen molar-refractivity contribution in [2.24, 2.45) is 12.5 Å². The number of rotatable bonds is 4. The van der Waals surface area contributed by atoms with Crippen LogP contribution in [0.1, 0.15) is 43.2 Å². The summed E-state index contributed by atoms with van der Waals surface area (Å²) in [6, 6.07) is 8.21. The van der Waals surface area contributed by atoms with E-state index in [2.05, 4.69) is 29.4 Å². The van der Waals surface area contributed by atoms with Crippen LogP contribution in [0.25, 0.3) is 12.2 Å². The Bertz CT molecular complexity index is 1270. The summed E-state index contributed by atoms with van der Waals surface area (Å²) in [5.74, 6) is -0.0222. The van der Waals surface area contributed by atoms with Crippen molar-refractivity contribution in [2.45, 2.75) is 41.2 Å². The van der Waals surface area contributed by atoms with Crippen molar-refractivity contribution in [3.05, 3.63) is 71.4 Å². The number of aromatic nitrogens is 3. The summed E-state index contributed by atoms with van der Waals surface area (Å²) in [6.45, 7) is 10.0. The molecule has 30 heavy (non-hydrogen) atoms. The lowest BCUT2D eigenvalue weighted by molar-refractivity contribution is -0.120. The van der Waals surface area contributed by atoms with Crippen LogP contribution in [0.2, 0.25) is 5.15 Å². The van der Waals surface area contributed by atoms with E-state index >= 15 is 0 Å². The second-order valence-electron chi connectivity index (χ2n) is 8.50. The van der Waals surface area contributed by atoms with Crippen LogP contribution < -0.4 is 14.8 Å². The SMILES string of the molecule is Cc1ccc(Cn2nc(C)c(/C=c3\s/c(=C\C(=O)C(C)(C)C)n(C)c3=O)c2Cl)cc1. The second kappa shape index (κ2) is 8.36. The lowest BCUT2D eigenvalue weighted by atomic mass is 9.91. The van der Waals surface area contributed by atoms with Gasteiger partial charge in [0.05, 0.1) is 16.8 Å². The summed E-state index contributed by atoms with van der Waals surface area (Å²) < 4.78 is 4.37. The monoisotopic (exact) mass is 443 g/mol. The van der Waals surface area contributed by atoms with Crippen molar-refractivity contribution in [1.29, 1.82) is 0 Å². The zero-order valence-corrected chi connectivity index (χ0v) is 19.7. The van der Waals surface area contributed by atoms with Crippen molar-refractivity contribution >= 4 is 40.9 Å². The molecule has 0 saturated heterocycles. The highest BCUT2D eigenvalue weighted by Gasteiger charge is 2.19. The van der Waals surface area contributed by atoms with Gasteiger partial charge in [-0.2, -0.15) is 5.10 Å². The first-order valence-electron chi connectivity index (χ1n) is 9.69. The number of carbonyl (C=O) groups is 1. The first-order chi connectivity index (χ1) is 14.0. The van der Waals surface area contributed by atoms with Gasteiger partial charge in [-0.15, -0.1) is 11.3 Å². The maximum Gasteiger partial charge on any atom is 0.268 e. The zero-order valence-electron chi connectivity index (χ0n) is 18.1. The molecule has 5 nitrogen and oxygen atoms in total. The number of carbonyl (C=O) groups excluding carboxylic acids is 1. The molecule has 0 amide bonds. The first-order valence-corrected chi connectivity index (χ1v) is 10.9. The number of benzene rings is 1. The molecular formula is C23H26ClN3O2S. The van der Waals surface area contributed by atoms with E-state index in [-0.39, 0.29) is 11.3 Å². The number of hydrogen-bond donors (Lipinski definition) is 0. The summed E-state index contributed by atoms with van der Waals surface area (Å²) in [5, 5.41) is 5.04. The van der Waals surface area contributed by atoms with Crippen LogP contribution in [0.3, 0.4) is 0 Å². The van der Waals surface area contributed by atoms with Gasteiger partial charge in [0, 0.05) is 24.1 Å². The molecule has 0 spiro atoms. The molecule has 7 heteroatoms. The summed E-state index contributed by atoms with van der Waals surface area (Å²) >= 11 is 7.89. The van der Waals surface area contributed by atoms with Crippen LogP contribution >= 0.6 is 22.9 Å². The minimum Gasteiger partial charge on any atom is -0.302 e. The molecule has 0 aliphatic heterocycles. The van der Waals surface area contributed by atoms with Crippen LogP contribution in [0.5, 0.6) is 0 Å². The first kappa shape index (κ1) is 22.2. The van der Waals surface area contributed by atoms with Crippen molar-refractivity contribution in [3.8, 4) is 0 Å². The summed E-state index contributed by atoms with van der Waals surface area (Å²) in [5.41, 5.74) is 3.11. The number of halogens is 1. The molecule has 0 atom stereocenters. The molecule has 0 radical (unpaired) electrons. The molecular weight excluding hydrogens is 418 g/mol. The Kier molecular flexibility index (Phi) is 6.20. The van der Waals surface area contributed by atoms with E-state index < -0.39 is 5.41 Å². The lowest BCUT2D eigenvalue weighted by Gasteiger charge is -2.12. The molecule has 2 aromatic heterocycles. The van der Waals surface area contributed by atoms with Gasteiger partial charge in [0.25, 0.3) is 5.56 Å². The van der Waals surface area contributed by atoms with E-state index in [9.17, 15) is 9.59 Å². The van der Waals surface area contributed by atoms with Gasteiger partial charge < -0.3 is 4.57 Å². The molecule has 158 valence electrons. The third-order valence-electron chi connectivity index (χ3n) is 4.89. The third kappa shape index (κ3) is 4.65. The van der Waals surface area contributed by atoms with Crippen molar-refractivity contribution in [1.82, 2.24) is 14.3 Å². The molecule has 1 aromatic carbocycles. The van der Waals surface area contributed by atoms with Gasteiger partial charge in [0.15, 0.2) is 5.78 Å². The Labute approximate surface area is 184 Å². The van der Waals surface area contributed by atoms with E-state index in [1.807, 2.05) is 34.6 Å². The van der Waals surface area contributed by atoms with Crippen LogP contribution in [0.15, 0.2) is 29.1 Å². The number of aryl methyl sites for hydroxylation is 2. The van der Waals surface area contributed by atoms with Crippen LogP contribution in [0, 0.1) is 19.3 Å². The van der Waals surface area contributed by atoms with Crippen LogP contribution in [0.4, 0.5) is 0 Å². The lowest BCUT2D eigenvalue weighted by Crippen LogP contribution is -2.30. The van der Waals surface area contributed by atoms with Crippen LogP contribution in [-0.4, -0.2) is 20.1 Å². The maximum atomic E-state index is 12.7. The van der Waals surface area contributed by atoms with E-state index in [4.69, 9.17) is 11.6 Å². The van der Waals surface area contributed by atoms with Gasteiger partial charge >= 0.3 is 0 Å². The number of thiazole rings is 1. The summed E-state index contributed by atoms with van der Waals surface area (Å²) in [4.78, 5) is 25.1. The Hall–Kier alpha value is -2.44. The Morgan fingerprint density at radius 2 is 1.83 bits per heavy atom. The van der Waals surface area contributed by atoms with Gasteiger partial charge in [-0.05, 0) is 25.5 Å². The fourth-order valence-electron chi connectivity index (χ4n) is 2.87. The van der Waals surface area contributed by atoms with E-state index in [1.54, 1.807) is 23.9 Å². The van der Waals surface area contributed by atoms with Crippen molar-refractivity contribution in [3.63, 3.8) is 0 Å². The Balaban J connectivity index is 2.04. The number of nitrogens with zero attached hydrogens (tertiary/aromatic N) is 3. The molecule has 0 aliphatic rings. The number of Topliss-reactive ketones (excluding diaryl/α,β-unsaturated/α-hetero) is 1. The zero-order chi connectivity index (χ0) is 22.2. The molecule has 3 aromatic rings. The number of hydrogen-bond acceptors (Lipinski definition) is 4. The minimum atomic E-state index is -0.499. The minimum absolute atomic E-state index is 0.0222. The molecule has 3 rings (SSSR count). The standard InChI is InChI=1S/C23H26ClN3O2S/c1-14-7-9-16(10-8-14)13-27-21(24)17(15(2)25-27)11-18-22(29)26(6)20(30-18)12-19(28)23(3,4)5/h7-12H,13H2,1-6H3/b18-11-,20-12-. The Morgan fingerprint density at radius 3 is 2.43 bits per heavy atom. The number of ketones is 1. The normalized spacial score (nSPS) is 13.3. The van der Waals surface area contributed by atoms with E-state index in [1.165, 1.54) is 21.5 Å². The Morgan fingerprint density at radius 1 is 1.20 bits per heavy atom. The quantitative estimate of drug-likeness (QED) is 0.622. The van der Waals surface area contributed by atoms with Crippen molar-refractivity contribution < 1.29 is 4.79 Å². The summed E-state index contributed by atoms with van der Waals surface area (Å²) in [7, 11) is 1.67. The highest BCUT2D eigenvalue weighted by Crippen LogP contribution is 2.21. The van der Waals surface area contributed by atoms with Gasteiger partial charge in [-0.3, -0.25) is 9.59 Å². The maximum absolute atomic E-state index is 12.7. The second-order valence-corrected chi connectivity index (χ2v) is 9.93. The van der Waals surface area contributed by atoms with Gasteiger partial charge in [0.1, 0.15) is 9.82 Å². The third-order valence-corrected chi connectivity index (χ3v) is 6.40. The highest BCUT2D eigenvalue weighted by molar-refractivity contribution is 7.07. The molecule has 0 saturated carbocycles. The highest BCUT2D eigenvalue weighted by atomic mass is 35.5. The van der Waals surface area contributed by atoms with Crippen molar-refractivity contribution in [2.75, 3.05) is 0 Å². The van der Waals surface area contributed by atoms with Gasteiger partial charge in [-0.1, -0.05) is 62.2 Å². The largest absolute Gasteiger partial charge is 0.302 e. The van der Waals surface area contributed by atoms with Crippen LogP contribution in [-0.2, 0) is 18.4 Å². The van der Waals surface area contributed by atoms with Gasteiger partial charge in [-0.25, -0.2) is 4.68 Å². The van der Waals surface area contributed by atoms with E-state index in [0.717, 1.165) is 16.8 Å². The molecule has 2 heterocycles. The average Bonchev–Trinajstić information content (AvgIpc) is 3.08. The molecule has 0 fully saturated rings. The smallest absolute Gasteiger partial charge is 0.268 e. The van der Waals surface area contributed by atoms with E-state index in [0.29, 0.717) is 20.9 Å². The predicted octanol–water partition coefficient (Wildman–Crippen LogP) is 3.19. The molecule has 0 N–H and O–H groups in total. The summed E-state index contributed by atoms with van der Waals surface area (Å²) in [6.07, 6.45) is 3.31. The van der Waals surface area contributed by atoms with Gasteiger partial charge in [0.2, 0.25) is 0 Å². The molecule has 0 aliphatic carbocycles. The average molecular weight is 444 g/mol. The fraction of sp³-hybridized carbons (Fsp3) is 0.348.